The number of carbonyl (C=O) groups excluding carboxylic acids is 1. The van der Waals surface area contributed by atoms with Gasteiger partial charge in [-0.2, -0.15) is 0 Å². The zero-order valence-electron chi connectivity index (χ0n) is 20.9. The molecule has 0 unspecified atom stereocenters. The highest BCUT2D eigenvalue weighted by atomic mass is 16.5. The van der Waals surface area contributed by atoms with Crippen LogP contribution in [-0.4, -0.2) is 23.6 Å². The first-order valence-corrected chi connectivity index (χ1v) is 12.7. The van der Waals surface area contributed by atoms with Crippen LogP contribution in [-0.2, 0) is 20.9 Å². The second-order valence-corrected chi connectivity index (χ2v) is 11.3. The van der Waals surface area contributed by atoms with Crippen molar-refractivity contribution in [3.63, 3.8) is 0 Å². The van der Waals surface area contributed by atoms with Crippen molar-refractivity contribution < 1.29 is 14.3 Å². The van der Waals surface area contributed by atoms with Crippen LogP contribution < -0.4 is 0 Å². The third-order valence-electron chi connectivity index (χ3n) is 7.48. The van der Waals surface area contributed by atoms with Crippen molar-refractivity contribution in [2.24, 2.45) is 17.3 Å². The topological polar surface area (TPSA) is 35.5 Å². The summed E-state index contributed by atoms with van der Waals surface area (Å²) in [4.78, 5) is 12.8. The third kappa shape index (κ3) is 7.02. The molecular formula is C29H44O3. The average Bonchev–Trinajstić information content (AvgIpc) is 3.03. The molecule has 0 aromatic heterocycles. The van der Waals surface area contributed by atoms with Crippen molar-refractivity contribution in [3.05, 3.63) is 48.0 Å². The molecule has 0 amide bonds. The van der Waals surface area contributed by atoms with Crippen LogP contribution in [0.1, 0.15) is 91.5 Å². The van der Waals surface area contributed by atoms with E-state index in [0.717, 1.165) is 51.4 Å². The maximum atomic E-state index is 12.8. The quantitative estimate of drug-likeness (QED) is 0.283. The molecule has 3 nitrogen and oxygen atoms in total. The van der Waals surface area contributed by atoms with E-state index in [1.807, 2.05) is 6.07 Å². The zero-order valence-corrected chi connectivity index (χ0v) is 20.9. The van der Waals surface area contributed by atoms with Gasteiger partial charge in [-0.1, -0.05) is 49.4 Å². The van der Waals surface area contributed by atoms with Gasteiger partial charge in [0.2, 0.25) is 0 Å². The van der Waals surface area contributed by atoms with Gasteiger partial charge in [0.25, 0.3) is 0 Å². The van der Waals surface area contributed by atoms with E-state index in [4.69, 9.17) is 9.47 Å². The summed E-state index contributed by atoms with van der Waals surface area (Å²) in [5.41, 5.74) is 1.25. The number of allylic oxidation sites excluding steroid dienone is 2. The first-order chi connectivity index (χ1) is 15.2. The Morgan fingerprint density at radius 3 is 2.62 bits per heavy atom. The highest BCUT2D eigenvalue weighted by Crippen LogP contribution is 2.55. The maximum Gasteiger partial charge on any atom is 0.136 e. The molecule has 0 heterocycles. The van der Waals surface area contributed by atoms with Gasteiger partial charge in [-0.3, -0.25) is 4.79 Å². The van der Waals surface area contributed by atoms with Crippen LogP contribution in [0.4, 0.5) is 0 Å². The average molecular weight is 441 g/mol. The summed E-state index contributed by atoms with van der Waals surface area (Å²) in [6.07, 6.45) is 13.1. The summed E-state index contributed by atoms with van der Waals surface area (Å²) in [6.45, 7) is 11.6. The molecular weight excluding hydrogens is 396 g/mol. The van der Waals surface area contributed by atoms with Gasteiger partial charge in [0.15, 0.2) is 0 Å². The second kappa shape index (κ2) is 11.1. The van der Waals surface area contributed by atoms with Crippen LogP contribution in [0.3, 0.4) is 0 Å². The minimum absolute atomic E-state index is 0.124. The molecule has 2 fully saturated rings. The molecule has 5 atom stereocenters. The summed E-state index contributed by atoms with van der Waals surface area (Å²) in [6, 6.07) is 10.3. The molecule has 0 bridgehead atoms. The van der Waals surface area contributed by atoms with Crippen LogP contribution in [0, 0.1) is 17.3 Å². The van der Waals surface area contributed by atoms with Gasteiger partial charge in [0.1, 0.15) is 5.78 Å². The number of benzene rings is 1. The van der Waals surface area contributed by atoms with Crippen LogP contribution in [0.25, 0.3) is 0 Å². The molecule has 0 saturated heterocycles. The molecule has 0 radical (unpaired) electrons. The van der Waals surface area contributed by atoms with E-state index in [2.05, 4.69) is 71.0 Å². The minimum Gasteiger partial charge on any atom is -0.374 e. The summed E-state index contributed by atoms with van der Waals surface area (Å²) in [7, 11) is 0. The summed E-state index contributed by atoms with van der Waals surface area (Å²) >= 11 is 0. The predicted molar refractivity (Wildman–Crippen MR) is 131 cm³/mol. The fourth-order valence-electron chi connectivity index (χ4n) is 5.60. The number of ether oxygens (including phenoxy) is 2. The number of carbonyl (C=O) groups is 1. The number of Topliss-reactive ketones (excluding diaryl/α,β-unsaturated/α-hetero) is 1. The summed E-state index contributed by atoms with van der Waals surface area (Å²) < 4.78 is 12.4. The number of ketones is 1. The molecule has 0 aliphatic heterocycles. The van der Waals surface area contributed by atoms with E-state index in [1.54, 1.807) is 0 Å². The first-order valence-electron chi connectivity index (χ1n) is 12.7. The van der Waals surface area contributed by atoms with Crippen molar-refractivity contribution in [1.82, 2.24) is 0 Å². The monoisotopic (exact) mass is 440 g/mol. The molecule has 32 heavy (non-hydrogen) atoms. The fraction of sp³-hybridized carbons (Fsp3) is 0.690. The highest BCUT2D eigenvalue weighted by molar-refractivity contribution is 5.82. The number of hydrogen-bond donors (Lipinski definition) is 0. The molecule has 3 heteroatoms. The highest BCUT2D eigenvalue weighted by Gasteiger charge is 2.53. The third-order valence-corrected chi connectivity index (χ3v) is 7.48. The lowest BCUT2D eigenvalue weighted by molar-refractivity contribution is -0.142. The van der Waals surface area contributed by atoms with Crippen molar-refractivity contribution in [2.75, 3.05) is 0 Å². The van der Waals surface area contributed by atoms with E-state index in [0.29, 0.717) is 18.3 Å². The molecule has 0 spiro atoms. The van der Waals surface area contributed by atoms with Crippen molar-refractivity contribution >= 4 is 5.78 Å². The van der Waals surface area contributed by atoms with E-state index in [1.165, 1.54) is 5.56 Å². The van der Waals surface area contributed by atoms with Gasteiger partial charge in [-0.15, -0.1) is 0 Å². The van der Waals surface area contributed by atoms with Gasteiger partial charge in [-0.05, 0) is 89.5 Å². The van der Waals surface area contributed by atoms with E-state index < -0.39 is 0 Å². The predicted octanol–water partition coefficient (Wildman–Crippen LogP) is 7.29. The molecule has 2 saturated carbocycles. The Hall–Kier alpha value is -1.45. The molecule has 178 valence electrons. The standard InChI is InChI=1S/C29H44O3/c1-22(31-21-23-14-10-8-11-15-23)13-9-6-7-12-16-24-20-29(5)25(19-26(24)30)17-18-27(29)32-28(2,3)4/h7-8,10-12,14-15,22,24-25,27H,6,9,13,16-21H2,1-5H3/b12-7+/t22-,24-,25+,27+,29+/m1/s1. The lowest BCUT2D eigenvalue weighted by Crippen LogP contribution is -2.45. The van der Waals surface area contributed by atoms with Crippen LogP contribution in [0.15, 0.2) is 42.5 Å². The van der Waals surface area contributed by atoms with Gasteiger partial charge in [0.05, 0.1) is 24.4 Å². The number of fused-ring (bicyclic) bond motifs is 1. The molecule has 1 aromatic rings. The molecule has 2 aliphatic carbocycles. The maximum absolute atomic E-state index is 12.8. The summed E-state index contributed by atoms with van der Waals surface area (Å²) in [5.74, 6) is 1.13. The SMILES string of the molecule is C[C@H](CCC/C=C/C[C@@H]1C[C@@]2(C)[C@@H](CC[C@@H]2OC(C)(C)C)CC1=O)OCc1ccccc1. The van der Waals surface area contributed by atoms with Gasteiger partial charge >= 0.3 is 0 Å². The van der Waals surface area contributed by atoms with Crippen LogP contribution in [0.2, 0.25) is 0 Å². The number of hydrogen-bond acceptors (Lipinski definition) is 3. The van der Waals surface area contributed by atoms with E-state index >= 15 is 0 Å². The van der Waals surface area contributed by atoms with Crippen LogP contribution in [0.5, 0.6) is 0 Å². The normalized spacial score (nSPS) is 29.4. The molecule has 0 N–H and O–H groups in total. The Morgan fingerprint density at radius 2 is 1.91 bits per heavy atom. The van der Waals surface area contributed by atoms with E-state index in [9.17, 15) is 4.79 Å². The zero-order chi connectivity index (χ0) is 23.2. The van der Waals surface area contributed by atoms with Gasteiger partial charge < -0.3 is 9.47 Å². The smallest absolute Gasteiger partial charge is 0.136 e. The second-order valence-electron chi connectivity index (χ2n) is 11.3. The Kier molecular flexibility index (Phi) is 8.75. The Bertz CT molecular complexity index is 747. The van der Waals surface area contributed by atoms with Gasteiger partial charge in [0, 0.05) is 12.3 Å². The van der Waals surface area contributed by atoms with Crippen molar-refractivity contribution in [3.8, 4) is 0 Å². The van der Waals surface area contributed by atoms with Crippen LogP contribution >= 0.6 is 0 Å². The largest absolute Gasteiger partial charge is 0.374 e. The Labute approximate surface area is 196 Å². The van der Waals surface area contributed by atoms with E-state index in [-0.39, 0.29) is 29.1 Å². The van der Waals surface area contributed by atoms with Crippen molar-refractivity contribution in [2.45, 2.75) is 110 Å². The van der Waals surface area contributed by atoms with Gasteiger partial charge in [-0.25, -0.2) is 0 Å². The molecule has 2 aliphatic rings. The molecule has 1 aromatic carbocycles. The first kappa shape index (κ1) is 25.2. The fourth-order valence-corrected chi connectivity index (χ4v) is 5.60. The molecule has 3 rings (SSSR count). The number of rotatable bonds is 10. The minimum atomic E-state index is -0.124. The summed E-state index contributed by atoms with van der Waals surface area (Å²) in [5, 5.41) is 0. The Balaban J connectivity index is 1.38. The Morgan fingerprint density at radius 1 is 1.16 bits per heavy atom. The van der Waals surface area contributed by atoms with Crippen molar-refractivity contribution in [1.29, 1.82) is 0 Å². The number of unbranched alkanes of at least 4 members (excludes halogenated alkanes) is 1. The lowest BCUT2D eigenvalue weighted by Gasteiger charge is -2.44. The lowest BCUT2D eigenvalue weighted by atomic mass is 9.63.